The highest BCUT2D eigenvalue weighted by atomic mass is 31.2. The van der Waals surface area contributed by atoms with Crippen LogP contribution in [-0.2, 0) is 27.9 Å². The molecule has 0 aliphatic rings. The number of nitrogens with zero attached hydrogens (tertiary/aromatic N) is 1. The van der Waals surface area contributed by atoms with E-state index >= 15 is 0 Å². The van der Waals surface area contributed by atoms with E-state index in [9.17, 15) is 19.0 Å². The summed E-state index contributed by atoms with van der Waals surface area (Å²) in [4.78, 5) is 37.7. The minimum atomic E-state index is -4.45. The smallest absolute Gasteiger partial charge is 0.456 e. The number of carbonyl (C=O) groups excluding carboxylic acids is 2. The lowest BCUT2D eigenvalue weighted by Crippen LogP contribution is -2.47. The van der Waals surface area contributed by atoms with Crippen LogP contribution in [0, 0.1) is 0 Å². The molecule has 0 aromatic carbocycles. The second kappa shape index (κ2) is 54.8. The summed E-state index contributed by atoms with van der Waals surface area (Å²) in [6.45, 7) is 6.85. The summed E-state index contributed by atoms with van der Waals surface area (Å²) < 4.78 is 30.7. The zero-order valence-electron chi connectivity index (χ0n) is 49.8. The van der Waals surface area contributed by atoms with E-state index in [4.69, 9.17) is 13.8 Å². The fourth-order valence-electron chi connectivity index (χ4n) is 8.85. The van der Waals surface area contributed by atoms with Crippen LogP contribution in [0.4, 0.5) is 0 Å². The van der Waals surface area contributed by atoms with Crippen molar-refractivity contribution < 1.29 is 37.3 Å². The zero-order valence-corrected chi connectivity index (χ0v) is 50.7. The number of unbranched alkanes of at least 4 members (excludes halogenated alkanes) is 32. The number of likely N-dealkylation sites (N-methyl/N-ethyl adjacent to an activating group) is 1. The number of hydrogen-bond acceptors (Lipinski definition) is 6. The van der Waals surface area contributed by atoms with E-state index in [1.165, 1.54) is 154 Å². The van der Waals surface area contributed by atoms with Gasteiger partial charge < -0.3 is 19.4 Å². The number of amides is 1. The van der Waals surface area contributed by atoms with Gasteiger partial charge in [0, 0.05) is 12.8 Å². The third-order valence-corrected chi connectivity index (χ3v) is 14.7. The molecule has 0 radical (unpaired) electrons. The number of carbonyl (C=O) groups is 2. The summed E-state index contributed by atoms with van der Waals surface area (Å²) in [6.07, 6.45) is 70.5. The Kier molecular flexibility index (Phi) is 52.9. The van der Waals surface area contributed by atoms with Crippen LogP contribution in [0.1, 0.15) is 278 Å². The lowest BCUT2D eigenvalue weighted by atomic mass is 10.0. The lowest BCUT2D eigenvalue weighted by molar-refractivity contribution is -0.870. The molecule has 0 heterocycles. The largest absolute Gasteiger partial charge is 0.472 e. The van der Waals surface area contributed by atoms with Gasteiger partial charge in [0.1, 0.15) is 19.3 Å². The van der Waals surface area contributed by atoms with Gasteiger partial charge in [-0.05, 0) is 83.1 Å². The molecule has 0 bridgehead atoms. The number of quaternary nitrogens is 1. The first-order valence-electron chi connectivity index (χ1n) is 31.3. The fourth-order valence-corrected chi connectivity index (χ4v) is 9.59. The third kappa shape index (κ3) is 56.0. The van der Waals surface area contributed by atoms with E-state index in [2.05, 4.69) is 86.8 Å². The molecule has 10 heteroatoms. The summed E-state index contributed by atoms with van der Waals surface area (Å²) in [5.41, 5.74) is 0. The van der Waals surface area contributed by atoms with Gasteiger partial charge in [0.05, 0.1) is 33.8 Å². The number of allylic oxidation sites excluding steroid dienone is 11. The predicted octanol–water partition coefficient (Wildman–Crippen LogP) is 19.2. The van der Waals surface area contributed by atoms with Crippen LogP contribution in [0.5, 0.6) is 0 Å². The topological polar surface area (TPSA) is 111 Å². The molecule has 0 aliphatic heterocycles. The SMILES string of the molecule is CC/C=C/C=C/C=C\CCCCCCCC(=O)NC(COP(=O)(O)OCC[N+](C)(C)C)C(/C=C\CCCCCCCCCCCCC)OC(=O)CCCCCCCCCCCCCCC/C=C\C/C=C\CCCCC. The van der Waals surface area contributed by atoms with Crippen LogP contribution in [0.3, 0.4) is 0 Å². The summed E-state index contributed by atoms with van der Waals surface area (Å²) in [5.74, 6) is -0.526. The molecule has 0 spiro atoms. The van der Waals surface area contributed by atoms with E-state index in [-0.39, 0.29) is 31.5 Å². The molecule has 3 unspecified atom stereocenters. The summed E-state index contributed by atoms with van der Waals surface area (Å²) in [6, 6.07) is -0.861. The van der Waals surface area contributed by atoms with Crippen molar-refractivity contribution >= 4 is 19.7 Å². The van der Waals surface area contributed by atoms with Gasteiger partial charge in [-0.1, -0.05) is 255 Å². The van der Waals surface area contributed by atoms with E-state index < -0.39 is 20.0 Å². The highest BCUT2D eigenvalue weighted by Gasteiger charge is 2.30. The van der Waals surface area contributed by atoms with Crippen LogP contribution in [0.25, 0.3) is 0 Å². The highest BCUT2D eigenvalue weighted by Crippen LogP contribution is 2.43. The van der Waals surface area contributed by atoms with Crippen molar-refractivity contribution in [2.75, 3.05) is 40.9 Å². The Morgan fingerprint density at radius 2 is 0.907 bits per heavy atom. The standard InChI is InChI=1S/C65H119N2O7P/c1-7-10-13-16-19-22-25-28-29-30-31-32-33-34-35-36-37-40-43-46-49-52-55-58-65(69)74-63(56-53-50-47-44-41-38-26-23-20-17-14-11-8-2)62(61-73-75(70,71)72-60-59-67(4,5)6)66-64(68)57-54-51-48-45-42-39-27-24-21-18-15-12-9-3/h12,15,18-19,21-22,24,27-29,53,56,62-63H,7-11,13-14,16-17,20,23,25-26,30-52,54-55,57-61H2,1-6H3,(H-,66,68,70,71)/p+1/b15-12+,21-18+,22-19-,27-24-,29-28-,56-53-. The number of phosphoric acid groups is 1. The van der Waals surface area contributed by atoms with E-state index in [1.54, 1.807) is 0 Å². The predicted molar refractivity (Wildman–Crippen MR) is 323 cm³/mol. The first-order valence-corrected chi connectivity index (χ1v) is 32.8. The monoisotopic (exact) mass is 1070 g/mol. The van der Waals surface area contributed by atoms with Gasteiger partial charge in [0.15, 0.2) is 0 Å². The number of rotatable bonds is 56. The Hall–Kier alpha value is -2.55. The summed E-state index contributed by atoms with van der Waals surface area (Å²) in [5, 5.41) is 3.04. The normalized spacial score (nSPS) is 14.2. The van der Waals surface area contributed by atoms with Gasteiger partial charge in [0.2, 0.25) is 5.91 Å². The minimum absolute atomic E-state index is 0.0341. The van der Waals surface area contributed by atoms with E-state index in [0.29, 0.717) is 17.4 Å². The quantitative estimate of drug-likeness (QED) is 0.0156. The van der Waals surface area contributed by atoms with Gasteiger partial charge in [-0.3, -0.25) is 18.6 Å². The van der Waals surface area contributed by atoms with Crippen molar-refractivity contribution in [1.82, 2.24) is 5.32 Å². The fraction of sp³-hybridized carbons (Fsp3) is 0.785. The molecule has 0 saturated heterocycles. The van der Waals surface area contributed by atoms with E-state index in [1.807, 2.05) is 33.3 Å². The zero-order chi connectivity index (χ0) is 55.0. The summed E-state index contributed by atoms with van der Waals surface area (Å²) in [7, 11) is 1.48. The van der Waals surface area contributed by atoms with Crippen molar-refractivity contribution in [1.29, 1.82) is 0 Å². The van der Waals surface area contributed by atoms with Crippen LogP contribution < -0.4 is 5.32 Å². The molecule has 0 rings (SSSR count). The average Bonchev–Trinajstić information content (AvgIpc) is 3.37. The Balaban J connectivity index is 5.19. The summed E-state index contributed by atoms with van der Waals surface area (Å²) >= 11 is 0. The highest BCUT2D eigenvalue weighted by molar-refractivity contribution is 7.47. The molecule has 1 amide bonds. The second-order valence-corrected chi connectivity index (χ2v) is 23.7. The van der Waals surface area contributed by atoms with Crippen molar-refractivity contribution in [3.05, 3.63) is 72.9 Å². The maximum absolute atomic E-state index is 13.5. The van der Waals surface area contributed by atoms with Gasteiger partial charge in [-0.25, -0.2) is 4.57 Å². The number of phosphoric ester groups is 1. The second-order valence-electron chi connectivity index (χ2n) is 22.3. The molecule has 0 saturated carbocycles. The maximum atomic E-state index is 13.5. The van der Waals surface area contributed by atoms with Crippen LogP contribution in [0.2, 0.25) is 0 Å². The molecule has 75 heavy (non-hydrogen) atoms. The maximum Gasteiger partial charge on any atom is 0.472 e. The van der Waals surface area contributed by atoms with Crippen molar-refractivity contribution in [2.45, 2.75) is 290 Å². The molecule has 0 aromatic rings. The Morgan fingerprint density at radius 3 is 1.40 bits per heavy atom. The number of esters is 1. The molecule has 2 N–H and O–H groups in total. The number of ether oxygens (including phenoxy) is 1. The van der Waals surface area contributed by atoms with Crippen molar-refractivity contribution in [3.8, 4) is 0 Å². The first kappa shape index (κ1) is 72.5. The molecule has 0 fully saturated rings. The first-order chi connectivity index (χ1) is 36.4. The Morgan fingerprint density at radius 1 is 0.493 bits per heavy atom. The Bertz CT molecular complexity index is 1510. The van der Waals surface area contributed by atoms with Crippen molar-refractivity contribution in [3.63, 3.8) is 0 Å². The van der Waals surface area contributed by atoms with Gasteiger partial charge >= 0.3 is 13.8 Å². The van der Waals surface area contributed by atoms with Gasteiger partial charge in [-0.15, -0.1) is 0 Å². The lowest BCUT2D eigenvalue weighted by Gasteiger charge is -2.27. The third-order valence-electron chi connectivity index (χ3n) is 13.7. The molecule has 0 aromatic heterocycles. The minimum Gasteiger partial charge on any atom is -0.456 e. The van der Waals surface area contributed by atoms with Gasteiger partial charge in [0.25, 0.3) is 0 Å². The Labute approximate surface area is 463 Å². The number of hydrogen-bond donors (Lipinski definition) is 2. The molecule has 436 valence electrons. The van der Waals surface area contributed by atoms with Crippen LogP contribution >= 0.6 is 7.82 Å². The molecule has 0 aliphatic carbocycles. The molecule has 9 nitrogen and oxygen atoms in total. The van der Waals surface area contributed by atoms with E-state index in [0.717, 1.165) is 89.9 Å². The number of nitrogens with one attached hydrogen (secondary N) is 1. The average molecular weight is 1070 g/mol. The van der Waals surface area contributed by atoms with Crippen LogP contribution in [-0.4, -0.2) is 74.3 Å². The molecule has 3 atom stereocenters. The van der Waals surface area contributed by atoms with Gasteiger partial charge in [-0.2, -0.15) is 0 Å². The molecular formula is C65H120N2O7P+. The van der Waals surface area contributed by atoms with Crippen LogP contribution in [0.15, 0.2) is 72.9 Å². The van der Waals surface area contributed by atoms with Crippen molar-refractivity contribution in [2.24, 2.45) is 0 Å². The molecular weight excluding hydrogens is 952 g/mol.